The van der Waals surface area contributed by atoms with E-state index in [0.29, 0.717) is 5.41 Å². The van der Waals surface area contributed by atoms with Gasteiger partial charge < -0.3 is 9.80 Å². The second-order valence-electron chi connectivity index (χ2n) is 5.62. The van der Waals surface area contributed by atoms with E-state index in [-0.39, 0.29) is 5.91 Å². The average Bonchev–Trinajstić information content (AvgIpc) is 2.48. The molecule has 0 N–H and O–H groups in total. The third-order valence-corrected chi connectivity index (χ3v) is 5.48. The van der Waals surface area contributed by atoms with Gasteiger partial charge in [0.2, 0.25) is 5.91 Å². The van der Waals surface area contributed by atoms with Crippen LogP contribution in [0.4, 0.5) is 0 Å². The van der Waals surface area contributed by atoms with E-state index in [0.717, 1.165) is 37.9 Å². The quantitative estimate of drug-likeness (QED) is 0.746. The summed E-state index contributed by atoms with van der Waals surface area (Å²) in [5.41, 5.74) is 0.533. The maximum absolute atomic E-state index is 11.4. The minimum atomic E-state index is 0.227. The van der Waals surface area contributed by atoms with Crippen molar-refractivity contribution in [2.45, 2.75) is 32.6 Å². The average molecular weight is 303 g/mol. The van der Waals surface area contributed by atoms with E-state index in [2.05, 4.69) is 20.8 Å². The molecule has 98 valence electrons. The first-order chi connectivity index (χ1) is 8.15. The molecule has 2 rings (SSSR count). The van der Waals surface area contributed by atoms with Gasteiger partial charge in [-0.05, 0) is 31.2 Å². The number of rotatable bonds is 3. The Hall–Kier alpha value is -0.0900. The highest BCUT2D eigenvalue weighted by molar-refractivity contribution is 9.09. The van der Waals surface area contributed by atoms with Crippen LogP contribution in [0.2, 0.25) is 0 Å². The maximum Gasteiger partial charge on any atom is 0.219 e. The van der Waals surface area contributed by atoms with Crippen LogP contribution < -0.4 is 0 Å². The highest BCUT2D eigenvalue weighted by atomic mass is 79.9. The van der Waals surface area contributed by atoms with E-state index >= 15 is 0 Å². The lowest BCUT2D eigenvalue weighted by molar-refractivity contribution is -0.128. The molecule has 17 heavy (non-hydrogen) atoms. The molecule has 0 aromatic carbocycles. The van der Waals surface area contributed by atoms with Crippen molar-refractivity contribution >= 4 is 21.8 Å². The Balaban J connectivity index is 1.84. The summed E-state index contributed by atoms with van der Waals surface area (Å²) in [5, 5.41) is 1.13. The van der Waals surface area contributed by atoms with Crippen LogP contribution in [-0.4, -0.2) is 53.8 Å². The van der Waals surface area contributed by atoms with E-state index in [1.165, 1.54) is 25.8 Å². The number of carbonyl (C=O) groups excluding carboxylic acids is 1. The molecule has 2 aliphatic rings. The van der Waals surface area contributed by atoms with Crippen LogP contribution in [0, 0.1) is 5.41 Å². The van der Waals surface area contributed by atoms with Gasteiger partial charge in [-0.3, -0.25) is 4.79 Å². The molecule has 0 radical (unpaired) electrons. The Labute approximate surface area is 113 Å². The van der Waals surface area contributed by atoms with Crippen molar-refractivity contribution in [3.8, 4) is 0 Å². The van der Waals surface area contributed by atoms with Crippen molar-refractivity contribution in [2.24, 2.45) is 5.41 Å². The van der Waals surface area contributed by atoms with Gasteiger partial charge in [0.15, 0.2) is 0 Å². The fraction of sp³-hybridized carbons (Fsp3) is 0.923. The van der Waals surface area contributed by atoms with Gasteiger partial charge in [-0.1, -0.05) is 22.4 Å². The Morgan fingerprint density at radius 2 is 1.94 bits per heavy atom. The standard InChI is InChI=1S/C13H23BrN2O/c1-12(17)16-7-3-6-15(8-9-16)11-13(10-14)4-2-5-13/h2-11H2,1H3. The molecule has 0 atom stereocenters. The van der Waals surface area contributed by atoms with Crippen LogP contribution >= 0.6 is 15.9 Å². The Bertz CT molecular complexity index is 273. The molecule has 1 saturated heterocycles. The van der Waals surface area contributed by atoms with Crippen molar-refractivity contribution in [3.63, 3.8) is 0 Å². The van der Waals surface area contributed by atoms with Gasteiger partial charge in [-0.25, -0.2) is 0 Å². The number of carbonyl (C=O) groups is 1. The SMILES string of the molecule is CC(=O)N1CCCN(CC2(CBr)CCC2)CC1. The largest absolute Gasteiger partial charge is 0.342 e. The van der Waals surface area contributed by atoms with Crippen molar-refractivity contribution in [1.29, 1.82) is 0 Å². The highest BCUT2D eigenvalue weighted by Crippen LogP contribution is 2.43. The molecule has 4 heteroatoms. The van der Waals surface area contributed by atoms with Crippen LogP contribution in [0.1, 0.15) is 32.6 Å². The molecule has 0 spiro atoms. The normalized spacial score (nSPS) is 25.2. The summed E-state index contributed by atoms with van der Waals surface area (Å²) in [4.78, 5) is 15.9. The zero-order chi connectivity index (χ0) is 12.3. The summed E-state index contributed by atoms with van der Waals surface area (Å²) in [6.07, 6.45) is 5.24. The van der Waals surface area contributed by atoms with E-state index in [9.17, 15) is 4.79 Å². The molecular formula is C13H23BrN2O. The number of nitrogens with zero attached hydrogens (tertiary/aromatic N) is 2. The third-order valence-electron chi connectivity index (χ3n) is 4.29. The fourth-order valence-corrected chi connectivity index (χ4v) is 3.67. The lowest BCUT2D eigenvalue weighted by atomic mass is 9.70. The van der Waals surface area contributed by atoms with E-state index in [4.69, 9.17) is 0 Å². The number of amides is 1. The van der Waals surface area contributed by atoms with Gasteiger partial charge in [0.1, 0.15) is 0 Å². The minimum Gasteiger partial charge on any atom is -0.342 e. The predicted molar refractivity (Wildman–Crippen MR) is 73.4 cm³/mol. The number of alkyl halides is 1. The molecule has 0 unspecified atom stereocenters. The zero-order valence-corrected chi connectivity index (χ0v) is 12.3. The monoisotopic (exact) mass is 302 g/mol. The molecule has 1 heterocycles. The second-order valence-corrected chi connectivity index (χ2v) is 6.18. The van der Waals surface area contributed by atoms with Gasteiger partial charge in [0.25, 0.3) is 0 Å². The van der Waals surface area contributed by atoms with E-state index < -0.39 is 0 Å². The molecular weight excluding hydrogens is 280 g/mol. The van der Waals surface area contributed by atoms with Gasteiger partial charge in [-0.2, -0.15) is 0 Å². The van der Waals surface area contributed by atoms with Gasteiger partial charge in [0, 0.05) is 38.4 Å². The zero-order valence-electron chi connectivity index (χ0n) is 10.8. The van der Waals surface area contributed by atoms with E-state index in [1.54, 1.807) is 6.92 Å². The minimum absolute atomic E-state index is 0.227. The molecule has 3 nitrogen and oxygen atoms in total. The molecule has 0 aromatic heterocycles. The second kappa shape index (κ2) is 5.70. The summed E-state index contributed by atoms with van der Waals surface area (Å²) >= 11 is 3.67. The van der Waals surface area contributed by atoms with Crippen LogP contribution in [0.25, 0.3) is 0 Å². The van der Waals surface area contributed by atoms with Crippen molar-refractivity contribution in [2.75, 3.05) is 38.1 Å². The fourth-order valence-electron chi connectivity index (χ4n) is 2.93. The first kappa shape index (κ1) is 13.3. The highest BCUT2D eigenvalue weighted by Gasteiger charge is 2.37. The summed E-state index contributed by atoms with van der Waals surface area (Å²) in [6, 6.07) is 0. The molecule has 2 fully saturated rings. The van der Waals surface area contributed by atoms with Crippen LogP contribution in [0.15, 0.2) is 0 Å². The molecule has 1 saturated carbocycles. The van der Waals surface area contributed by atoms with Crippen molar-refractivity contribution < 1.29 is 4.79 Å². The van der Waals surface area contributed by atoms with Crippen molar-refractivity contribution in [3.05, 3.63) is 0 Å². The molecule has 1 amide bonds. The molecule has 1 aliphatic heterocycles. The number of hydrogen-bond acceptors (Lipinski definition) is 2. The summed E-state index contributed by atoms with van der Waals surface area (Å²) in [5.74, 6) is 0.227. The summed E-state index contributed by atoms with van der Waals surface area (Å²) in [7, 11) is 0. The van der Waals surface area contributed by atoms with Gasteiger partial charge in [-0.15, -0.1) is 0 Å². The Morgan fingerprint density at radius 3 is 2.47 bits per heavy atom. The topological polar surface area (TPSA) is 23.6 Å². The molecule has 0 bridgehead atoms. The first-order valence-electron chi connectivity index (χ1n) is 6.69. The number of hydrogen-bond donors (Lipinski definition) is 0. The van der Waals surface area contributed by atoms with Gasteiger partial charge in [0.05, 0.1) is 0 Å². The smallest absolute Gasteiger partial charge is 0.219 e. The van der Waals surface area contributed by atoms with Crippen LogP contribution in [-0.2, 0) is 4.79 Å². The lowest BCUT2D eigenvalue weighted by Crippen LogP contribution is -2.45. The maximum atomic E-state index is 11.4. The molecule has 1 aliphatic carbocycles. The number of halogens is 1. The Morgan fingerprint density at radius 1 is 1.18 bits per heavy atom. The predicted octanol–water partition coefficient (Wildman–Crippen LogP) is 2.11. The van der Waals surface area contributed by atoms with Crippen molar-refractivity contribution in [1.82, 2.24) is 9.80 Å². The summed E-state index contributed by atoms with van der Waals surface area (Å²) in [6.45, 7) is 6.94. The van der Waals surface area contributed by atoms with Crippen LogP contribution in [0.3, 0.4) is 0 Å². The lowest BCUT2D eigenvalue weighted by Gasteiger charge is -2.44. The van der Waals surface area contributed by atoms with Gasteiger partial charge >= 0.3 is 0 Å². The third kappa shape index (κ3) is 3.22. The first-order valence-corrected chi connectivity index (χ1v) is 7.81. The Kier molecular flexibility index (Phi) is 4.47. The summed E-state index contributed by atoms with van der Waals surface area (Å²) < 4.78 is 0. The molecule has 0 aromatic rings. The van der Waals surface area contributed by atoms with E-state index in [1.807, 2.05) is 4.90 Å². The van der Waals surface area contributed by atoms with Crippen LogP contribution in [0.5, 0.6) is 0 Å².